The van der Waals surface area contributed by atoms with Crippen LogP contribution in [0.1, 0.15) is 41.9 Å². The summed E-state index contributed by atoms with van der Waals surface area (Å²) in [6.45, 7) is 6.12. The number of aromatic nitrogens is 1. The van der Waals surface area contributed by atoms with Crippen LogP contribution in [0.3, 0.4) is 0 Å². The molecule has 1 amide bonds. The fourth-order valence-corrected chi connectivity index (χ4v) is 3.63. The quantitative estimate of drug-likeness (QED) is 0.701. The molecular formula is C22H24N2O2. The molecule has 4 rings (SSSR count). The third kappa shape index (κ3) is 3.13. The van der Waals surface area contributed by atoms with Crippen molar-refractivity contribution < 1.29 is 9.53 Å². The van der Waals surface area contributed by atoms with Gasteiger partial charge >= 0.3 is 0 Å². The maximum atomic E-state index is 13.0. The summed E-state index contributed by atoms with van der Waals surface area (Å²) in [6, 6.07) is 18.6. The number of morpholine rings is 1. The van der Waals surface area contributed by atoms with Gasteiger partial charge in [0.05, 0.1) is 13.2 Å². The van der Waals surface area contributed by atoms with E-state index in [4.69, 9.17) is 4.74 Å². The predicted molar refractivity (Wildman–Crippen MR) is 103 cm³/mol. The SMILES string of the molecule is CC(C)n1ccc2cc(C(=O)N3CCO[C@@H](c4ccccc4)C3)ccc21. The number of ether oxygens (including phenoxy) is 1. The number of nitrogens with zero attached hydrogens (tertiary/aromatic N) is 2. The lowest BCUT2D eigenvalue weighted by Crippen LogP contribution is -2.42. The first-order valence-corrected chi connectivity index (χ1v) is 9.20. The van der Waals surface area contributed by atoms with Gasteiger partial charge in [-0.05, 0) is 43.7 Å². The van der Waals surface area contributed by atoms with Crippen LogP contribution >= 0.6 is 0 Å². The summed E-state index contributed by atoms with van der Waals surface area (Å²) in [6.07, 6.45) is 2.03. The standard InChI is InChI=1S/C22H24N2O2/c1-16(2)24-11-10-18-14-19(8-9-20(18)24)22(25)23-12-13-26-21(15-23)17-6-4-3-5-7-17/h3-11,14,16,21H,12-13,15H2,1-2H3/t21-/m1/s1. The van der Waals surface area contributed by atoms with Crippen molar-refractivity contribution in [2.24, 2.45) is 0 Å². The van der Waals surface area contributed by atoms with Crippen LogP contribution in [0.5, 0.6) is 0 Å². The number of hydrogen-bond donors (Lipinski definition) is 0. The van der Waals surface area contributed by atoms with Gasteiger partial charge < -0.3 is 14.2 Å². The van der Waals surface area contributed by atoms with Gasteiger partial charge in [0.25, 0.3) is 5.91 Å². The van der Waals surface area contributed by atoms with E-state index in [2.05, 4.69) is 48.9 Å². The van der Waals surface area contributed by atoms with Gasteiger partial charge in [0.15, 0.2) is 0 Å². The van der Waals surface area contributed by atoms with Crippen molar-refractivity contribution in [3.8, 4) is 0 Å². The van der Waals surface area contributed by atoms with Gasteiger partial charge in [0, 0.05) is 35.2 Å². The number of fused-ring (bicyclic) bond motifs is 1. The second-order valence-corrected chi connectivity index (χ2v) is 7.11. The van der Waals surface area contributed by atoms with E-state index >= 15 is 0 Å². The average molecular weight is 348 g/mol. The third-order valence-corrected chi connectivity index (χ3v) is 5.05. The largest absolute Gasteiger partial charge is 0.370 e. The molecule has 0 N–H and O–H groups in total. The molecule has 0 bridgehead atoms. The molecule has 1 aromatic heterocycles. The van der Waals surface area contributed by atoms with E-state index in [1.165, 1.54) is 5.52 Å². The van der Waals surface area contributed by atoms with Crippen LogP contribution in [0, 0.1) is 0 Å². The Balaban J connectivity index is 1.56. The second kappa shape index (κ2) is 6.96. The molecule has 0 spiro atoms. The molecular weight excluding hydrogens is 324 g/mol. The van der Waals surface area contributed by atoms with Crippen LogP contribution in [0.15, 0.2) is 60.8 Å². The van der Waals surface area contributed by atoms with Crippen molar-refractivity contribution in [3.63, 3.8) is 0 Å². The number of hydrogen-bond acceptors (Lipinski definition) is 2. The van der Waals surface area contributed by atoms with Gasteiger partial charge in [-0.15, -0.1) is 0 Å². The van der Waals surface area contributed by atoms with E-state index in [0.717, 1.165) is 16.5 Å². The zero-order valence-electron chi connectivity index (χ0n) is 15.3. The zero-order chi connectivity index (χ0) is 18.1. The minimum Gasteiger partial charge on any atom is -0.370 e. The molecule has 1 aliphatic heterocycles. The lowest BCUT2D eigenvalue weighted by Gasteiger charge is -2.33. The monoisotopic (exact) mass is 348 g/mol. The lowest BCUT2D eigenvalue weighted by molar-refractivity contribution is -0.0228. The van der Waals surface area contributed by atoms with Gasteiger partial charge in [-0.25, -0.2) is 0 Å². The first kappa shape index (κ1) is 16.9. The smallest absolute Gasteiger partial charge is 0.254 e. The van der Waals surface area contributed by atoms with Crippen molar-refractivity contribution in [1.29, 1.82) is 0 Å². The molecule has 26 heavy (non-hydrogen) atoms. The Morgan fingerprint density at radius 3 is 2.69 bits per heavy atom. The molecule has 0 radical (unpaired) electrons. The molecule has 2 aromatic carbocycles. The number of amides is 1. The Kier molecular flexibility index (Phi) is 4.51. The fraction of sp³-hybridized carbons (Fsp3) is 0.318. The third-order valence-electron chi connectivity index (χ3n) is 5.05. The van der Waals surface area contributed by atoms with E-state index in [1.54, 1.807) is 0 Å². The molecule has 2 heterocycles. The predicted octanol–water partition coefficient (Wildman–Crippen LogP) is 4.44. The van der Waals surface area contributed by atoms with Gasteiger partial charge in [-0.1, -0.05) is 30.3 Å². The van der Waals surface area contributed by atoms with Crippen LogP contribution in [0.4, 0.5) is 0 Å². The normalized spacial score (nSPS) is 17.8. The van der Waals surface area contributed by atoms with Crippen LogP contribution < -0.4 is 0 Å². The van der Waals surface area contributed by atoms with Crippen molar-refractivity contribution in [3.05, 3.63) is 71.9 Å². The molecule has 3 aromatic rings. The average Bonchev–Trinajstić information content (AvgIpc) is 3.12. The minimum absolute atomic E-state index is 0.0559. The number of carbonyl (C=O) groups is 1. The Morgan fingerprint density at radius 1 is 1.12 bits per heavy atom. The van der Waals surface area contributed by atoms with Crippen molar-refractivity contribution in [1.82, 2.24) is 9.47 Å². The fourth-order valence-electron chi connectivity index (χ4n) is 3.63. The molecule has 134 valence electrons. The van der Waals surface area contributed by atoms with E-state index < -0.39 is 0 Å². The zero-order valence-corrected chi connectivity index (χ0v) is 15.3. The summed E-state index contributed by atoms with van der Waals surface area (Å²) in [4.78, 5) is 14.9. The summed E-state index contributed by atoms with van der Waals surface area (Å²) < 4.78 is 8.11. The summed E-state index contributed by atoms with van der Waals surface area (Å²) in [5, 5.41) is 1.11. The molecule has 4 heteroatoms. The van der Waals surface area contributed by atoms with Crippen molar-refractivity contribution in [2.75, 3.05) is 19.7 Å². The number of benzene rings is 2. The van der Waals surface area contributed by atoms with Gasteiger partial charge in [-0.3, -0.25) is 4.79 Å². The van der Waals surface area contributed by atoms with Crippen LogP contribution in [0.2, 0.25) is 0 Å². The summed E-state index contributed by atoms with van der Waals surface area (Å²) in [7, 11) is 0. The number of carbonyl (C=O) groups excluding carboxylic acids is 1. The second-order valence-electron chi connectivity index (χ2n) is 7.11. The molecule has 1 aliphatic rings. The van der Waals surface area contributed by atoms with E-state index in [9.17, 15) is 4.79 Å². The Bertz CT molecular complexity index is 914. The molecule has 1 fully saturated rings. The first-order chi connectivity index (χ1) is 12.6. The molecule has 4 nitrogen and oxygen atoms in total. The highest BCUT2D eigenvalue weighted by Gasteiger charge is 2.26. The van der Waals surface area contributed by atoms with Crippen LogP contribution in [0.25, 0.3) is 10.9 Å². The Labute approximate surface area is 154 Å². The van der Waals surface area contributed by atoms with Crippen LogP contribution in [-0.4, -0.2) is 35.1 Å². The van der Waals surface area contributed by atoms with Crippen molar-refractivity contribution >= 4 is 16.8 Å². The summed E-state index contributed by atoms with van der Waals surface area (Å²) >= 11 is 0. The molecule has 1 atom stereocenters. The molecule has 0 saturated carbocycles. The number of rotatable bonds is 3. The van der Waals surface area contributed by atoms with E-state index in [-0.39, 0.29) is 12.0 Å². The molecule has 0 unspecified atom stereocenters. The van der Waals surface area contributed by atoms with Crippen molar-refractivity contribution in [2.45, 2.75) is 26.0 Å². The maximum absolute atomic E-state index is 13.0. The van der Waals surface area contributed by atoms with Gasteiger partial charge in [0.1, 0.15) is 6.10 Å². The minimum atomic E-state index is -0.0559. The molecule has 0 aliphatic carbocycles. The summed E-state index contributed by atoms with van der Waals surface area (Å²) in [5.41, 5.74) is 3.03. The highest BCUT2D eigenvalue weighted by molar-refractivity contribution is 5.98. The van der Waals surface area contributed by atoms with Crippen LogP contribution in [-0.2, 0) is 4.74 Å². The van der Waals surface area contributed by atoms with E-state index in [0.29, 0.717) is 25.7 Å². The highest BCUT2D eigenvalue weighted by Crippen LogP contribution is 2.25. The van der Waals surface area contributed by atoms with Gasteiger partial charge in [0.2, 0.25) is 0 Å². The Hall–Kier alpha value is -2.59. The topological polar surface area (TPSA) is 34.5 Å². The van der Waals surface area contributed by atoms with Gasteiger partial charge in [-0.2, -0.15) is 0 Å². The lowest BCUT2D eigenvalue weighted by atomic mass is 10.1. The summed E-state index contributed by atoms with van der Waals surface area (Å²) in [5.74, 6) is 0.0772. The molecule has 1 saturated heterocycles. The Morgan fingerprint density at radius 2 is 1.92 bits per heavy atom. The van der Waals surface area contributed by atoms with E-state index in [1.807, 2.05) is 35.2 Å². The maximum Gasteiger partial charge on any atom is 0.254 e. The first-order valence-electron chi connectivity index (χ1n) is 9.20. The highest BCUT2D eigenvalue weighted by atomic mass is 16.5.